The third kappa shape index (κ3) is 4.37. The number of aromatic nitrogens is 2. The van der Waals surface area contributed by atoms with E-state index in [2.05, 4.69) is 15.5 Å². The number of hydrogen-bond donors (Lipinski definition) is 3. The summed E-state index contributed by atoms with van der Waals surface area (Å²) in [5.74, 6) is -0.128. The number of nitrogens with zero attached hydrogens (tertiary/aromatic N) is 1. The number of benzene rings is 2. The highest BCUT2D eigenvalue weighted by Gasteiger charge is 2.19. The Kier molecular flexibility index (Phi) is 5.81. The molecule has 26 heavy (non-hydrogen) atoms. The Labute approximate surface area is 153 Å². The molecule has 0 spiro atoms. The summed E-state index contributed by atoms with van der Waals surface area (Å²) in [5.41, 5.74) is 3.23. The number of aliphatic hydroxyl groups excluding tert-OH is 1. The smallest absolute Gasteiger partial charge is 0.255 e. The van der Waals surface area contributed by atoms with Gasteiger partial charge in [0.05, 0.1) is 23.6 Å². The van der Waals surface area contributed by atoms with E-state index in [9.17, 15) is 9.90 Å². The third-order valence-electron chi connectivity index (χ3n) is 4.35. The molecular weight excluding hydrogens is 326 g/mol. The Bertz CT molecular complexity index is 829. The molecule has 0 aliphatic rings. The molecule has 0 bridgehead atoms. The minimum Gasteiger partial charge on any atom is -0.393 e. The highest BCUT2D eigenvalue weighted by molar-refractivity contribution is 5.99. The van der Waals surface area contributed by atoms with Gasteiger partial charge in [0.15, 0.2) is 0 Å². The van der Waals surface area contributed by atoms with E-state index in [1.807, 2.05) is 60.7 Å². The molecule has 2 atom stereocenters. The molecule has 0 saturated heterocycles. The highest BCUT2D eigenvalue weighted by Crippen LogP contribution is 2.23. The Morgan fingerprint density at radius 1 is 1.12 bits per heavy atom. The summed E-state index contributed by atoms with van der Waals surface area (Å²) in [5, 5.41) is 19.7. The van der Waals surface area contributed by atoms with Crippen molar-refractivity contribution in [2.24, 2.45) is 0 Å². The predicted molar refractivity (Wildman–Crippen MR) is 102 cm³/mol. The van der Waals surface area contributed by atoms with E-state index in [1.54, 1.807) is 13.1 Å². The summed E-state index contributed by atoms with van der Waals surface area (Å²) in [6.45, 7) is 2.22. The lowest BCUT2D eigenvalue weighted by Gasteiger charge is -2.19. The van der Waals surface area contributed by atoms with Gasteiger partial charge < -0.3 is 10.4 Å². The lowest BCUT2D eigenvalue weighted by molar-refractivity contribution is 0.0946. The summed E-state index contributed by atoms with van der Waals surface area (Å²) in [7, 11) is 0. The van der Waals surface area contributed by atoms with Crippen LogP contribution in [0.1, 0.15) is 35.2 Å². The van der Waals surface area contributed by atoms with Crippen molar-refractivity contribution in [1.82, 2.24) is 15.5 Å². The van der Waals surface area contributed by atoms with Crippen LogP contribution in [0.25, 0.3) is 11.3 Å². The Hall–Kier alpha value is -2.92. The van der Waals surface area contributed by atoms with Crippen molar-refractivity contribution in [2.75, 3.05) is 6.54 Å². The van der Waals surface area contributed by atoms with Crippen LogP contribution in [0.3, 0.4) is 0 Å². The molecule has 0 radical (unpaired) electrons. The zero-order chi connectivity index (χ0) is 18.4. The van der Waals surface area contributed by atoms with Gasteiger partial charge in [0, 0.05) is 18.0 Å². The fourth-order valence-corrected chi connectivity index (χ4v) is 3.07. The van der Waals surface area contributed by atoms with Crippen LogP contribution < -0.4 is 5.32 Å². The van der Waals surface area contributed by atoms with Gasteiger partial charge in [0.1, 0.15) is 0 Å². The van der Waals surface area contributed by atoms with Gasteiger partial charge in [-0.15, -0.1) is 0 Å². The number of carbonyl (C=O) groups is 1. The van der Waals surface area contributed by atoms with Crippen molar-refractivity contribution in [3.05, 3.63) is 78.0 Å². The van der Waals surface area contributed by atoms with Gasteiger partial charge in [0.25, 0.3) is 5.91 Å². The molecule has 1 amide bonds. The molecule has 2 unspecified atom stereocenters. The summed E-state index contributed by atoms with van der Waals surface area (Å²) in [4.78, 5) is 12.7. The van der Waals surface area contributed by atoms with Crippen LogP contribution in [0.2, 0.25) is 0 Å². The first-order chi connectivity index (χ1) is 12.6. The van der Waals surface area contributed by atoms with Crippen molar-refractivity contribution in [2.45, 2.75) is 25.4 Å². The zero-order valence-corrected chi connectivity index (χ0v) is 14.7. The highest BCUT2D eigenvalue weighted by atomic mass is 16.3. The molecule has 0 fully saturated rings. The second kappa shape index (κ2) is 8.45. The summed E-state index contributed by atoms with van der Waals surface area (Å²) in [6.07, 6.45) is 1.69. The lowest BCUT2D eigenvalue weighted by atomic mass is 9.93. The minimum atomic E-state index is -0.439. The third-order valence-corrected chi connectivity index (χ3v) is 4.35. The van der Waals surface area contributed by atoms with Crippen molar-refractivity contribution < 1.29 is 9.90 Å². The maximum atomic E-state index is 12.7. The maximum absolute atomic E-state index is 12.7. The second-order valence-corrected chi connectivity index (χ2v) is 6.43. The second-order valence-electron chi connectivity index (χ2n) is 6.43. The number of rotatable bonds is 7. The molecule has 0 aliphatic heterocycles. The van der Waals surface area contributed by atoms with Gasteiger partial charge in [-0.2, -0.15) is 5.10 Å². The number of amides is 1. The Morgan fingerprint density at radius 2 is 1.77 bits per heavy atom. The standard InChI is InChI=1S/C21H23N3O2/c1-15(25)12-18(16-8-4-2-5-9-16)13-22-21(26)19-14-23-24-20(19)17-10-6-3-7-11-17/h2-11,14-15,18,25H,12-13H2,1H3,(H,22,26)(H,23,24). The molecule has 1 aromatic heterocycles. The van der Waals surface area contributed by atoms with Crippen molar-refractivity contribution in [1.29, 1.82) is 0 Å². The number of nitrogens with one attached hydrogen (secondary N) is 2. The molecule has 5 heteroatoms. The largest absolute Gasteiger partial charge is 0.393 e. The van der Waals surface area contributed by atoms with Crippen molar-refractivity contribution >= 4 is 5.91 Å². The maximum Gasteiger partial charge on any atom is 0.255 e. The molecule has 0 aliphatic carbocycles. The Morgan fingerprint density at radius 3 is 2.42 bits per heavy atom. The van der Waals surface area contributed by atoms with E-state index in [0.717, 1.165) is 11.1 Å². The monoisotopic (exact) mass is 349 g/mol. The van der Waals surface area contributed by atoms with E-state index >= 15 is 0 Å². The predicted octanol–water partition coefficient (Wildman–Crippen LogP) is 3.36. The van der Waals surface area contributed by atoms with Gasteiger partial charge >= 0.3 is 0 Å². The molecule has 5 nitrogen and oxygen atoms in total. The Balaban J connectivity index is 1.73. The average Bonchev–Trinajstić information content (AvgIpc) is 3.16. The number of aliphatic hydroxyl groups is 1. The van der Waals surface area contributed by atoms with Gasteiger partial charge in [-0.25, -0.2) is 0 Å². The first kappa shape index (κ1) is 17.9. The SMILES string of the molecule is CC(O)CC(CNC(=O)c1cn[nH]c1-c1ccccc1)c1ccccc1. The average molecular weight is 349 g/mol. The van der Waals surface area contributed by atoms with Crippen LogP contribution in [-0.2, 0) is 0 Å². The fraction of sp³-hybridized carbons (Fsp3) is 0.238. The van der Waals surface area contributed by atoms with Gasteiger partial charge in [0.2, 0.25) is 0 Å². The quantitative estimate of drug-likeness (QED) is 0.612. The molecule has 1 heterocycles. The van der Waals surface area contributed by atoms with Crippen molar-refractivity contribution in [3.8, 4) is 11.3 Å². The number of carbonyl (C=O) groups excluding carboxylic acids is 1. The fourth-order valence-electron chi connectivity index (χ4n) is 3.07. The topological polar surface area (TPSA) is 78.0 Å². The first-order valence-corrected chi connectivity index (χ1v) is 8.75. The van der Waals surface area contributed by atoms with Gasteiger partial charge in [-0.05, 0) is 18.9 Å². The first-order valence-electron chi connectivity index (χ1n) is 8.75. The van der Waals surface area contributed by atoms with Crippen LogP contribution in [0.15, 0.2) is 66.9 Å². The van der Waals surface area contributed by atoms with Crippen LogP contribution in [0.4, 0.5) is 0 Å². The summed E-state index contributed by atoms with van der Waals surface area (Å²) in [6, 6.07) is 19.6. The number of hydrogen-bond acceptors (Lipinski definition) is 3. The summed E-state index contributed by atoms with van der Waals surface area (Å²) >= 11 is 0. The van der Waals surface area contributed by atoms with E-state index < -0.39 is 6.10 Å². The molecule has 2 aromatic carbocycles. The number of aromatic amines is 1. The van der Waals surface area contributed by atoms with Crippen molar-refractivity contribution in [3.63, 3.8) is 0 Å². The van der Waals surface area contributed by atoms with Crippen LogP contribution in [0.5, 0.6) is 0 Å². The molecular formula is C21H23N3O2. The molecule has 0 saturated carbocycles. The van der Waals surface area contributed by atoms with Gasteiger partial charge in [-0.3, -0.25) is 9.89 Å². The van der Waals surface area contributed by atoms with E-state index in [0.29, 0.717) is 24.2 Å². The van der Waals surface area contributed by atoms with Crippen LogP contribution in [-0.4, -0.2) is 33.9 Å². The summed E-state index contributed by atoms with van der Waals surface area (Å²) < 4.78 is 0. The number of H-pyrrole nitrogens is 1. The van der Waals surface area contributed by atoms with E-state index in [-0.39, 0.29) is 11.8 Å². The molecule has 3 aromatic rings. The van der Waals surface area contributed by atoms with Crippen LogP contribution >= 0.6 is 0 Å². The van der Waals surface area contributed by atoms with E-state index in [1.165, 1.54) is 0 Å². The van der Waals surface area contributed by atoms with Crippen LogP contribution in [0, 0.1) is 0 Å². The molecule has 134 valence electrons. The van der Waals surface area contributed by atoms with E-state index in [4.69, 9.17) is 0 Å². The minimum absolute atomic E-state index is 0.0484. The lowest BCUT2D eigenvalue weighted by Crippen LogP contribution is -2.29. The van der Waals surface area contributed by atoms with Gasteiger partial charge in [-0.1, -0.05) is 60.7 Å². The molecule has 3 N–H and O–H groups in total. The zero-order valence-electron chi connectivity index (χ0n) is 14.7. The molecule has 3 rings (SSSR count). The normalized spacial score (nSPS) is 13.2.